The van der Waals surface area contributed by atoms with E-state index in [1.165, 1.54) is 18.2 Å². The van der Waals surface area contributed by atoms with E-state index >= 15 is 0 Å². The maximum Gasteiger partial charge on any atom is 0.411 e. The van der Waals surface area contributed by atoms with E-state index in [-0.39, 0.29) is 17.3 Å². The van der Waals surface area contributed by atoms with Gasteiger partial charge in [-0.3, -0.25) is 10.0 Å². The highest BCUT2D eigenvalue weighted by atomic mass is 35.5. The number of hydrogen-bond acceptors (Lipinski definition) is 4. The van der Waals surface area contributed by atoms with Crippen LogP contribution in [0, 0.1) is 0 Å². The smallest absolute Gasteiger partial charge is 0.411 e. The van der Waals surface area contributed by atoms with Gasteiger partial charge in [-0.2, -0.15) is 0 Å². The molecule has 0 saturated carbocycles. The Bertz CT molecular complexity index is 545. The highest BCUT2D eigenvalue weighted by Gasteiger charge is 2.08. The molecule has 1 rings (SSSR count). The quantitative estimate of drug-likeness (QED) is 0.891. The molecule has 0 heterocycles. The third-order valence-corrected chi connectivity index (χ3v) is 2.69. The summed E-state index contributed by atoms with van der Waals surface area (Å²) >= 11 is 5.88. The molecule has 6 nitrogen and oxygen atoms in total. The number of benzene rings is 1. The largest absolute Gasteiger partial charge is 0.450 e. The first-order valence-electron chi connectivity index (χ1n) is 5.03. The van der Waals surface area contributed by atoms with Gasteiger partial charge in [-0.05, 0) is 25.1 Å². The van der Waals surface area contributed by atoms with Crippen LogP contribution in [0.2, 0.25) is 5.02 Å². The van der Waals surface area contributed by atoms with Crippen molar-refractivity contribution in [2.45, 2.75) is 6.92 Å². The van der Waals surface area contributed by atoms with Crippen LogP contribution in [0.4, 0.5) is 16.2 Å². The lowest BCUT2D eigenvalue weighted by Crippen LogP contribution is -2.14. The van der Waals surface area contributed by atoms with Crippen molar-refractivity contribution in [3.8, 4) is 0 Å². The van der Waals surface area contributed by atoms with Crippen molar-refractivity contribution in [1.29, 1.82) is 0 Å². The molecule has 0 unspecified atom stereocenters. The molecule has 18 heavy (non-hydrogen) atoms. The Morgan fingerprint density at radius 1 is 1.44 bits per heavy atom. The molecule has 1 aromatic carbocycles. The predicted molar refractivity (Wildman–Crippen MR) is 70.6 cm³/mol. The second kappa shape index (κ2) is 5.92. The van der Waals surface area contributed by atoms with Gasteiger partial charge in [0.2, 0.25) is 10.0 Å². The van der Waals surface area contributed by atoms with Crippen LogP contribution in [0.25, 0.3) is 0 Å². The van der Waals surface area contributed by atoms with Gasteiger partial charge in [0.15, 0.2) is 0 Å². The van der Waals surface area contributed by atoms with Gasteiger partial charge in [0.05, 0.1) is 23.6 Å². The lowest BCUT2D eigenvalue weighted by atomic mass is 10.3. The molecular formula is C10H13ClN2O4S. The highest BCUT2D eigenvalue weighted by molar-refractivity contribution is 7.92. The molecule has 0 atom stereocenters. The maximum atomic E-state index is 11.1. The SMILES string of the molecule is CCOC(=O)Nc1ccc(NS(C)(=O)=O)c(Cl)c1. The molecule has 0 fully saturated rings. The lowest BCUT2D eigenvalue weighted by Gasteiger charge is -2.09. The van der Waals surface area contributed by atoms with Gasteiger partial charge >= 0.3 is 6.09 Å². The molecule has 0 radical (unpaired) electrons. The number of sulfonamides is 1. The topological polar surface area (TPSA) is 84.5 Å². The second-order valence-electron chi connectivity index (χ2n) is 3.41. The molecule has 0 saturated heterocycles. The molecule has 8 heteroatoms. The number of anilines is 2. The fourth-order valence-electron chi connectivity index (χ4n) is 1.16. The number of carbonyl (C=O) groups is 1. The molecule has 1 aromatic rings. The van der Waals surface area contributed by atoms with Crippen LogP contribution in [0.15, 0.2) is 18.2 Å². The zero-order valence-corrected chi connectivity index (χ0v) is 11.4. The van der Waals surface area contributed by atoms with Gasteiger partial charge in [0, 0.05) is 5.69 Å². The summed E-state index contributed by atoms with van der Waals surface area (Å²) in [6, 6.07) is 4.38. The average molecular weight is 293 g/mol. The van der Waals surface area contributed by atoms with Crippen LogP contribution in [-0.4, -0.2) is 27.4 Å². The van der Waals surface area contributed by atoms with Crippen LogP contribution in [0.5, 0.6) is 0 Å². The third-order valence-electron chi connectivity index (χ3n) is 1.79. The number of rotatable bonds is 4. The van der Waals surface area contributed by atoms with Crippen molar-refractivity contribution in [2.24, 2.45) is 0 Å². The Balaban J connectivity index is 2.83. The van der Waals surface area contributed by atoms with Gasteiger partial charge in [0.25, 0.3) is 0 Å². The Morgan fingerprint density at radius 2 is 2.11 bits per heavy atom. The van der Waals surface area contributed by atoms with Crippen LogP contribution in [0.1, 0.15) is 6.92 Å². The Hall–Kier alpha value is -1.47. The van der Waals surface area contributed by atoms with Crippen molar-refractivity contribution in [3.05, 3.63) is 23.2 Å². The van der Waals surface area contributed by atoms with Gasteiger partial charge in [-0.25, -0.2) is 13.2 Å². The van der Waals surface area contributed by atoms with Gasteiger partial charge in [-0.15, -0.1) is 0 Å². The van der Waals surface area contributed by atoms with E-state index in [1.807, 2.05) is 0 Å². The van der Waals surface area contributed by atoms with E-state index in [2.05, 4.69) is 10.0 Å². The van der Waals surface area contributed by atoms with E-state index in [0.717, 1.165) is 6.26 Å². The Morgan fingerprint density at radius 3 is 2.61 bits per heavy atom. The summed E-state index contributed by atoms with van der Waals surface area (Å²) in [6.45, 7) is 1.94. The summed E-state index contributed by atoms with van der Waals surface area (Å²) in [5.41, 5.74) is 0.658. The molecule has 0 aliphatic carbocycles. The predicted octanol–water partition coefficient (Wildman–Crippen LogP) is 2.28. The zero-order chi connectivity index (χ0) is 13.8. The third kappa shape index (κ3) is 4.80. The van der Waals surface area contributed by atoms with Crippen molar-refractivity contribution in [1.82, 2.24) is 0 Å². The van der Waals surface area contributed by atoms with Gasteiger partial charge < -0.3 is 4.74 Å². The van der Waals surface area contributed by atoms with Crippen molar-refractivity contribution in [3.63, 3.8) is 0 Å². The first-order chi connectivity index (χ1) is 8.31. The monoisotopic (exact) mass is 292 g/mol. The minimum absolute atomic E-state index is 0.176. The summed E-state index contributed by atoms with van der Waals surface area (Å²) in [6.07, 6.45) is 0.422. The zero-order valence-electron chi connectivity index (χ0n) is 9.86. The average Bonchev–Trinajstić information content (AvgIpc) is 2.21. The number of nitrogens with one attached hydrogen (secondary N) is 2. The molecule has 100 valence electrons. The molecular weight excluding hydrogens is 280 g/mol. The van der Waals surface area contributed by atoms with E-state index in [4.69, 9.17) is 16.3 Å². The van der Waals surface area contributed by atoms with Crippen LogP contribution >= 0.6 is 11.6 Å². The normalized spacial score (nSPS) is 10.8. The van der Waals surface area contributed by atoms with E-state index in [0.29, 0.717) is 5.69 Å². The minimum atomic E-state index is -3.39. The van der Waals surface area contributed by atoms with E-state index < -0.39 is 16.1 Å². The minimum Gasteiger partial charge on any atom is -0.450 e. The summed E-state index contributed by atoms with van der Waals surface area (Å²) in [5.74, 6) is 0. The van der Waals surface area contributed by atoms with Crippen LogP contribution in [0.3, 0.4) is 0 Å². The van der Waals surface area contributed by atoms with E-state index in [9.17, 15) is 13.2 Å². The summed E-state index contributed by atoms with van der Waals surface area (Å²) < 4.78 is 29.0. The Labute approximate surface area is 110 Å². The fraction of sp³-hybridized carbons (Fsp3) is 0.300. The molecule has 0 spiro atoms. The number of halogens is 1. The second-order valence-corrected chi connectivity index (χ2v) is 5.57. The molecule has 0 aliphatic heterocycles. The molecule has 2 N–H and O–H groups in total. The van der Waals surface area contributed by atoms with Crippen molar-refractivity contribution in [2.75, 3.05) is 22.9 Å². The number of amides is 1. The van der Waals surface area contributed by atoms with Crippen LogP contribution < -0.4 is 10.0 Å². The Kier molecular flexibility index (Phi) is 4.80. The standard InChI is InChI=1S/C10H13ClN2O4S/c1-3-17-10(14)12-7-4-5-9(8(11)6-7)13-18(2,15)16/h4-6,13H,3H2,1-2H3,(H,12,14). The van der Waals surface area contributed by atoms with Gasteiger partial charge in [-0.1, -0.05) is 11.6 Å². The molecule has 0 bridgehead atoms. The van der Waals surface area contributed by atoms with Crippen molar-refractivity contribution >= 4 is 39.1 Å². The van der Waals surface area contributed by atoms with Gasteiger partial charge in [0.1, 0.15) is 0 Å². The maximum absolute atomic E-state index is 11.1. The number of carbonyl (C=O) groups excluding carboxylic acids is 1. The summed E-state index contributed by atoms with van der Waals surface area (Å²) in [7, 11) is -3.39. The number of hydrogen-bond donors (Lipinski definition) is 2. The van der Waals surface area contributed by atoms with Crippen LogP contribution in [-0.2, 0) is 14.8 Å². The highest BCUT2D eigenvalue weighted by Crippen LogP contribution is 2.26. The summed E-state index contributed by atoms with van der Waals surface area (Å²) in [5, 5.41) is 2.63. The summed E-state index contributed by atoms with van der Waals surface area (Å²) in [4.78, 5) is 11.1. The van der Waals surface area contributed by atoms with E-state index in [1.54, 1.807) is 6.92 Å². The molecule has 1 amide bonds. The lowest BCUT2D eigenvalue weighted by molar-refractivity contribution is 0.168. The first-order valence-corrected chi connectivity index (χ1v) is 7.30. The fourth-order valence-corrected chi connectivity index (χ4v) is 2.02. The molecule has 0 aromatic heterocycles. The first kappa shape index (κ1) is 14.6. The number of ether oxygens (including phenoxy) is 1. The molecule has 0 aliphatic rings. The van der Waals surface area contributed by atoms with Crippen molar-refractivity contribution < 1.29 is 17.9 Å².